The van der Waals surface area contributed by atoms with Gasteiger partial charge in [-0.3, -0.25) is 14.6 Å². The summed E-state index contributed by atoms with van der Waals surface area (Å²) >= 11 is 0. The molecule has 6 nitrogen and oxygen atoms in total. The van der Waals surface area contributed by atoms with Crippen LogP contribution < -0.4 is 11.1 Å². The Bertz CT molecular complexity index is 787. The summed E-state index contributed by atoms with van der Waals surface area (Å²) in [5, 5.41) is 2.99. The molecule has 3 N–H and O–H groups in total. The summed E-state index contributed by atoms with van der Waals surface area (Å²) in [6.45, 7) is 5.15. The second-order valence-corrected chi connectivity index (χ2v) is 8.45. The average Bonchev–Trinajstić information content (AvgIpc) is 2.80. The zero-order valence-corrected chi connectivity index (χ0v) is 19.7. The Morgan fingerprint density at radius 3 is 2.53 bits per heavy atom. The van der Waals surface area contributed by atoms with Gasteiger partial charge in [-0.15, -0.1) is 0 Å². The van der Waals surface area contributed by atoms with Gasteiger partial charge in [-0.1, -0.05) is 69.9 Å². The number of carbonyl (C=O) groups is 2. The van der Waals surface area contributed by atoms with E-state index >= 15 is 0 Å². The van der Waals surface area contributed by atoms with Crippen molar-refractivity contribution in [1.29, 1.82) is 0 Å². The van der Waals surface area contributed by atoms with Crippen molar-refractivity contribution in [2.45, 2.75) is 78.1 Å². The summed E-state index contributed by atoms with van der Waals surface area (Å²) in [7, 11) is 0. The smallest absolute Gasteiger partial charge is 0.220 e. The molecule has 0 spiro atoms. The van der Waals surface area contributed by atoms with E-state index in [0.29, 0.717) is 31.8 Å². The van der Waals surface area contributed by atoms with Crippen molar-refractivity contribution < 1.29 is 14.3 Å². The summed E-state index contributed by atoms with van der Waals surface area (Å²) in [6.07, 6.45) is 8.49. The minimum absolute atomic E-state index is 0.0170. The number of unbranched alkanes of at least 4 members (excludes halogenated alkanes) is 4. The summed E-state index contributed by atoms with van der Waals surface area (Å²) in [6, 6.07) is 10.2. The molecule has 176 valence electrons. The highest BCUT2D eigenvalue weighted by molar-refractivity contribution is 5.80. The van der Waals surface area contributed by atoms with Crippen LogP contribution in [0.1, 0.15) is 77.2 Å². The zero-order chi connectivity index (χ0) is 23.2. The van der Waals surface area contributed by atoms with Crippen LogP contribution >= 0.6 is 0 Å². The molecule has 2 amide bonds. The van der Waals surface area contributed by atoms with Gasteiger partial charge < -0.3 is 15.8 Å². The van der Waals surface area contributed by atoms with Crippen LogP contribution in [0.3, 0.4) is 0 Å². The third-order valence-electron chi connectivity index (χ3n) is 5.79. The largest absolute Gasteiger partial charge is 0.447 e. The molecule has 1 aromatic rings. The standard InChI is InChI=1S/C26H39N3O3/c1-3-5-6-7-11-14-24(31)28-19-22(17-23(27)30)26-21(4-2)18-29-25(32-26)16-15-20-12-9-8-10-13-20/h8-10,12-13,22H,3-7,11,14-19H2,1-2H3,(H2,27,30)(H,28,31)/t22-/m0/s1. The number of ether oxygens (including phenoxy) is 1. The monoisotopic (exact) mass is 441 g/mol. The molecule has 0 unspecified atom stereocenters. The van der Waals surface area contributed by atoms with E-state index in [9.17, 15) is 9.59 Å². The van der Waals surface area contributed by atoms with Crippen molar-refractivity contribution >= 4 is 17.7 Å². The van der Waals surface area contributed by atoms with Gasteiger partial charge in [0.15, 0.2) is 5.90 Å². The molecule has 1 atom stereocenters. The minimum Gasteiger partial charge on any atom is -0.447 e. The molecule has 6 heteroatoms. The predicted molar refractivity (Wildman–Crippen MR) is 129 cm³/mol. The van der Waals surface area contributed by atoms with Crippen LogP contribution in [-0.4, -0.2) is 30.8 Å². The Kier molecular flexibility index (Phi) is 11.6. The Hall–Kier alpha value is -2.63. The van der Waals surface area contributed by atoms with Gasteiger partial charge in [0, 0.05) is 31.7 Å². The van der Waals surface area contributed by atoms with Crippen LogP contribution in [-0.2, 0) is 20.7 Å². The topological polar surface area (TPSA) is 93.8 Å². The number of nitrogens with zero attached hydrogens (tertiary/aromatic N) is 1. The van der Waals surface area contributed by atoms with E-state index < -0.39 is 5.91 Å². The molecule has 32 heavy (non-hydrogen) atoms. The normalized spacial score (nSPS) is 14.5. The number of hydrogen-bond donors (Lipinski definition) is 2. The van der Waals surface area contributed by atoms with Crippen LogP contribution in [0.25, 0.3) is 0 Å². The van der Waals surface area contributed by atoms with Crippen LogP contribution in [0.2, 0.25) is 0 Å². The third kappa shape index (κ3) is 9.25. The fraction of sp³-hybridized carbons (Fsp3) is 0.577. The van der Waals surface area contributed by atoms with Crippen molar-refractivity contribution in [2.24, 2.45) is 16.6 Å². The number of carbonyl (C=O) groups excluding carboxylic acids is 2. The van der Waals surface area contributed by atoms with Crippen molar-refractivity contribution in [3.8, 4) is 0 Å². The zero-order valence-electron chi connectivity index (χ0n) is 19.7. The lowest BCUT2D eigenvalue weighted by molar-refractivity contribution is -0.122. The Balaban J connectivity index is 1.94. The molecule has 0 aliphatic carbocycles. The van der Waals surface area contributed by atoms with E-state index in [1.54, 1.807) is 0 Å². The Morgan fingerprint density at radius 2 is 1.84 bits per heavy atom. The number of nitrogens with one attached hydrogen (secondary N) is 1. The van der Waals surface area contributed by atoms with Crippen molar-refractivity contribution in [1.82, 2.24) is 5.32 Å². The van der Waals surface area contributed by atoms with Gasteiger partial charge in [0.25, 0.3) is 0 Å². The summed E-state index contributed by atoms with van der Waals surface area (Å²) in [5.41, 5.74) is 7.82. The predicted octanol–water partition coefficient (Wildman–Crippen LogP) is 4.68. The van der Waals surface area contributed by atoms with Crippen LogP contribution in [0.5, 0.6) is 0 Å². The molecule has 0 saturated heterocycles. The summed E-state index contributed by atoms with van der Waals surface area (Å²) in [4.78, 5) is 28.7. The molecular formula is C26H39N3O3. The highest BCUT2D eigenvalue weighted by atomic mass is 16.5. The minimum atomic E-state index is -0.399. The van der Waals surface area contributed by atoms with Gasteiger partial charge in [-0.05, 0) is 30.4 Å². The van der Waals surface area contributed by atoms with Crippen LogP contribution in [0, 0.1) is 5.92 Å². The van der Waals surface area contributed by atoms with Gasteiger partial charge in [0.05, 0.1) is 6.54 Å². The van der Waals surface area contributed by atoms with E-state index in [1.807, 2.05) is 18.2 Å². The van der Waals surface area contributed by atoms with E-state index in [1.165, 1.54) is 24.8 Å². The fourth-order valence-electron chi connectivity index (χ4n) is 3.89. The second-order valence-electron chi connectivity index (χ2n) is 8.45. The Morgan fingerprint density at radius 1 is 1.09 bits per heavy atom. The first-order valence-corrected chi connectivity index (χ1v) is 12.0. The number of rotatable bonds is 15. The van der Waals surface area contributed by atoms with Gasteiger partial charge in [0.1, 0.15) is 5.76 Å². The Labute approximate surface area is 192 Å². The maximum atomic E-state index is 12.3. The van der Waals surface area contributed by atoms with Crippen molar-refractivity contribution in [3.05, 3.63) is 47.2 Å². The molecule has 1 heterocycles. The molecule has 2 rings (SSSR count). The van der Waals surface area contributed by atoms with E-state index in [0.717, 1.165) is 37.0 Å². The lowest BCUT2D eigenvalue weighted by Gasteiger charge is -2.27. The van der Waals surface area contributed by atoms with E-state index in [-0.39, 0.29) is 18.2 Å². The maximum Gasteiger partial charge on any atom is 0.220 e. The molecule has 0 radical (unpaired) electrons. The number of hydrogen-bond acceptors (Lipinski definition) is 4. The number of amides is 2. The lowest BCUT2D eigenvalue weighted by Crippen LogP contribution is -2.34. The van der Waals surface area contributed by atoms with Gasteiger partial charge in [-0.25, -0.2) is 0 Å². The number of aliphatic imine (C=N–C) groups is 1. The molecule has 0 saturated carbocycles. The van der Waals surface area contributed by atoms with E-state index in [2.05, 4.69) is 36.3 Å². The summed E-state index contributed by atoms with van der Waals surface area (Å²) in [5.74, 6) is 0.784. The summed E-state index contributed by atoms with van der Waals surface area (Å²) < 4.78 is 6.20. The quantitative estimate of drug-likeness (QED) is 0.387. The molecule has 1 aliphatic heterocycles. The van der Waals surface area contributed by atoms with Gasteiger partial charge in [0.2, 0.25) is 11.8 Å². The highest BCUT2D eigenvalue weighted by Crippen LogP contribution is 2.27. The molecule has 1 aromatic carbocycles. The first kappa shape index (κ1) is 25.6. The van der Waals surface area contributed by atoms with E-state index in [4.69, 9.17) is 10.5 Å². The molecule has 1 aliphatic rings. The SMILES string of the molecule is CCCCCCCC(=O)NC[C@H](CC(N)=O)C1=C(CC)CN=C(CCc2ccccc2)O1. The number of primary amides is 1. The molecule has 0 bridgehead atoms. The maximum absolute atomic E-state index is 12.3. The molecule has 0 fully saturated rings. The van der Waals surface area contributed by atoms with Gasteiger partial charge in [-0.2, -0.15) is 0 Å². The fourth-order valence-corrected chi connectivity index (χ4v) is 3.89. The number of nitrogens with two attached hydrogens (primary N) is 1. The second kappa shape index (κ2) is 14.4. The van der Waals surface area contributed by atoms with Crippen molar-refractivity contribution in [2.75, 3.05) is 13.1 Å². The first-order chi connectivity index (χ1) is 15.5. The van der Waals surface area contributed by atoms with Crippen LogP contribution in [0.4, 0.5) is 0 Å². The number of aryl methyl sites for hydroxylation is 1. The highest BCUT2D eigenvalue weighted by Gasteiger charge is 2.26. The lowest BCUT2D eigenvalue weighted by atomic mass is 9.96. The van der Waals surface area contributed by atoms with Crippen LogP contribution in [0.15, 0.2) is 46.7 Å². The number of benzene rings is 1. The molecular weight excluding hydrogens is 402 g/mol. The van der Waals surface area contributed by atoms with Gasteiger partial charge >= 0.3 is 0 Å². The average molecular weight is 442 g/mol. The third-order valence-corrected chi connectivity index (χ3v) is 5.79. The van der Waals surface area contributed by atoms with Crippen molar-refractivity contribution in [3.63, 3.8) is 0 Å². The molecule has 0 aromatic heterocycles. The first-order valence-electron chi connectivity index (χ1n) is 12.0.